The molecule has 0 aliphatic heterocycles. The highest BCUT2D eigenvalue weighted by Gasteiger charge is 2.15. The zero-order valence-electron chi connectivity index (χ0n) is 18.7. The van der Waals surface area contributed by atoms with Crippen molar-refractivity contribution < 1.29 is 13.7 Å². The van der Waals surface area contributed by atoms with Crippen molar-refractivity contribution in [1.29, 1.82) is 4.78 Å². The molecule has 8 heteroatoms. The summed E-state index contributed by atoms with van der Waals surface area (Å²) in [4.78, 5) is 4.82. The van der Waals surface area contributed by atoms with Crippen molar-refractivity contribution in [3.05, 3.63) is 84.6 Å². The molecule has 3 aromatic carbocycles. The molecule has 0 spiro atoms. The van der Waals surface area contributed by atoms with Gasteiger partial charge in [0.2, 0.25) is 0 Å². The third kappa shape index (κ3) is 5.08. The summed E-state index contributed by atoms with van der Waals surface area (Å²) >= 11 is 0. The second-order valence-electron chi connectivity index (χ2n) is 7.56. The second-order valence-corrected chi connectivity index (χ2v) is 9.38. The molecule has 33 heavy (non-hydrogen) atoms. The topological polar surface area (TPSA) is 96.3 Å². The maximum Gasteiger partial charge on any atom is 0.135 e. The van der Waals surface area contributed by atoms with E-state index in [1.54, 1.807) is 32.5 Å². The highest BCUT2D eigenvalue weighted by molar-refractivity contribution is 7.90. The van der Waals surface area contributed by atoms with E-state index in [9.17, 15) is 4.21 Å². The Hall–Kier alpha value is -3.62. The molecule has 0 aliphatic rings. The minimum Gasteiger partial charge on any atom is -0.497 e. The van der Waals surface area contributed by atoms with Crippen LogP contribution in [0.15, 0.2) is 83.9 Å². The van der Waals surface area contributed by atoms with Crippen LogP contribution in [0.5, 0.6) is 11.5 Å². The molecule has 4 rings (SSSR count). The summed E-state index contributed by atoms with van der Waals surface area (Å²) in [6.45, 7) is 1.88. The lowest BCUT2D eigenvalue weighted by Gasteiger charge is -2.18. The number of nitrogens with one attached hydrogen (secondary N) is 3. The van der Waals surface area contributed by atoms with E-state index >= 15 is 0 Å². The summed E-state index contributed by atoms with van der Waals surface area (Å²) in [7, 11) is 0.0497. The van der Waals surface area contributed by atoms with E-state index in [1.165, 1.54) is 0 Å². The lowest BCUT2D eigenvalue weighted by molar-refractivity contribution is 0.414. The van der Waals surface area contributed by atoms with E-state index in [2.05, 4.69) is 15.0 Å². The molecule has 0 saturated carbocycles. The first kappa shape index (κ1) is 22.6. The van der Waals surface area contributed by atoms with Gasteiger partial charge in [-0.2, -0.15) is 0 Å². The van der Waals surface area contributed by atoms with E-state index in [-0.39, 0.29) is 6.04 Å². The van der Waals surface area contributed by atoms with Gasteiger partial charge in [-0.15, -0.1) is 0 Å². The van der Waals surface area contributed by atoms with Crippen LogP contribution in [0, 0.1) is 4.78 Å². The Labute approximate surface area is 193 Å². The van der Waals surface area contributed by atoms with Crippen LogP contribution < -0.4 is 19.5 Å². The van der Waals surface area contributed by atoms with Crippen LogP contribution in [0.4, 0.5) is 11.4 Å². The van der Waals surface area contributed by atoms with Crippen molar-refractivity contribution in [2.75, 3.05) is 19.5 Å². The maximum absolute atomic E-state index is 13.1. The molecule has 4 aromatic rings. The van der Waals surface area contributed by atoms with Crippen molar-refractivity contribution in [3.63, 3.8) is 0 Å². The number of hydrogen-bond acceptors (Lipinski definition) is 6. The molecular formula is C25H26N4O3S. The highest BCUT2D eigenvalue weighted by atomic mass is 32.2. The molecule has 1 unspecified atom stereocenters. The number of aromatic nitrogens is 1. The Balaban J connectivity index is 1.50. The molecule has 1 aromatic heterocycles. The zero-order chi connectivity index (χ0) is 23.4. The zero-order valence-corrected chi connectivity index (χ0v) is 19.5. The van der Waals surface area contributed by atoms with Crippen molar-refractivity contribution in [3.8, 4) is 11.5 Å². The van der Waals surface area contributed by atoms with Crippen molar-refractivity contribution in [2.45, 2.75) is 17.9 Å². The van der Waals surface area contributed by atoms with Gasteiger partial charge in [0.15, 0.2) is 0 Å². The van der Waals surface area contributed by atoms with Gasteiger partial charge in [0.1, 0.15) is 21.4 Å². The van der Waals surface area contributed by atoms with Crippen LogP contribution in [-0.4, -0.2) is 23.4 Å². The Kier molecular flexibility index (Phi) is 6.48. The third-order valence-corrected chi connectivity index (χ3v) is 7.00. The summed E-state index contributed by atoms with van der Waals surface area (Å²) < 4.78 is 34.9. The number of methoxy groups -OCH3 is 2. The Morgan fingerprint density at radius 2 is 1.58 bits per heavy atom. The summed E-state index contributed by atoms with van der Waals surface area (Å²) in [5.74, 6) is 1.50. The minimum absolute atomic E-state index is 0.265. The molecule has 0 saturated heterocycles. The lowest BCUT2D eigenvalue weighted by atomic mass is 10.1. The van der Waals surface area contributed by atoms with Crippen LogP contribution in [0.1, 0.15) is 18.5 Å². The van der Waals surface area contributed by atoms with Gasteiger partial charge >= 0.3 is 0 Å². The lowest BCUT2D eigenvalue weighted by Crippen LogP contribution is -2.25. The number of rotatable bonds is 8. The fraction of sp³-hybridized carbons (Fsp3) is 0.160. The fourth-order valence-electron chi connectivity index (χ4n) is 3.53. The molecule has 0 aliphatic carbocycles. The summed E-state index contributed by atoms with van der Waals surface area (Å²) in [6, 6.07) is 21.9. The summed E-state index contributed by atoms with van der Waals surface area (Å²) in [6.07, 6.45) is 1.74. The molecule has 170 valence electrons. The molecule has 0 bridgehead atoms. The number of hydrogen-bond donors (Lipinski definition) is 3. The standard InChI is InChI=1S/C25H26N4O3S/c1-17(18-4-8-20(31-2)9-5-18)29-33(26,30)22-11-6-19(7-12-22)28-24-14-15-27-25-16-21(32-3)10-13-23(24)25/h4-17H,1-3H3,(H,27,28)(H2,26,29,30)/t17-,33?/m1/s1. The quantitative estimate of drug-likeness (QED) is 0.314. The van der Waals surface area contributed by atoms with E-state index in [0.717, 1.165) is 39.3 Å². The van der Waals surface area contributed by atoms with E-state index in [0.29, 0.717) is 4.90 Å². The van der Waals surface area contributed by atoms with Gasteiger partial charge in [0, 0.05) is 35.1 Å². The van der Waals surface area contributed by atoms with Crippen molar-refractivity contribution in [2.24, 2.45) is 0 Å². The summed E-state index contributed by atoms with van der Waals surface area (Å²) in [5, 5.41) is 4.33. The number of anilines is 2. The van der Waals surface area contributed by atoms with Crippen LogP contribution >= 0.6 is 0 Å². The van der Waals surface area contributed by atoms with Crippen LogP contribution in [0.2, 0.25) is 0 Å². The molecule has 0 amide bonds. The van der Waals surface area contributed by atoms with E-state index < -0.39 is 9.92 Å². The molecule has 0 radical (unpaired) electrons. The van der Waals surface area contributed by atoms with E-state index in [4.69, 9.17) is 14.3 Å². The predicted octanol–water partition coefficient (Wildman–Crippen LogP) is 5.67. The largest absolute Gasteiger partial charge is 0.497 e. The molecule has 3 N–H and O–H groups in total. The van der Waals surface area contributed by atoms with Gasteiger partial charge < -0.3 is 14.8 Å². The van der Waals surface area contributed by atoms with Crippen molar-refractivity contribution >= 4 is 32.2 Å². The maximum atomic E-state index is 13.1. The van der Waals surface area contributed by atoms with Gasteiger partial charge in [0.25, 0.3) is 0 Å². The second kappa shape index (κ2) is 9.48. The fourth-order valence-corrected chi connectivity index (χ4v) is 4.82. The Bertz CT molecular complexity index is 1360. The normalized spacial score (nSPS) is 13.8. The molecule has 7 nitrogen and oxygen atoms in total. The van der Waals surface area contributed by atoms with Gasteiger partial charge in [-0.05, 0) is 67.1 Å². The number of pyridine rings is 1. The monoisotopic (exact) mass is 462 g/mol. The first-order valence-corrected chi connectivity index (χ1v) is 12.0. The molecular weight excluding hydrogens is 436 g/mol. The summed E-state index contributed by atoms with van der Waals surface area (Å²) in [5.41, 5.74) is 3.46. The first-order chi connectivity index (χ1) is 15.9. The minimum atomic E-state index is -3.19. The third-order valence-electron chi connectivity index (χ3n) is 5.37. The van der Waals surface area contributed by atoms with Crippen LogP contribution in [0.3, 0.4) is 0 Å². The highest BCUT2D eigenvalue weighted by Crippen LogP contribution is 2.28. The van der Waals surface area contributed by atoms with Gasteiger partial charge in [-0.1, -0.05) is 12.1 Å². The smallest absolute Gasteiger partial charge is 0.135 e. The predicted molar refractivity (Wildman–Crippen MR) is 132 cm³/mol. The number of benzene rings is 3. The molecule has 2 atom stereocenters. The Morgan fingerprint density at radius 3 is 2.24 bits per heavy atom. The van der Waals surface area contributed by atoms with Gasteiger partial charge in [-0.3, -0.25) is 4.98 Å². The Morgan fingerprint density at radius 1 is 0.909 bits per heavy atom. The molecule has 0 fully saturated rings. The van der Waals surface area contributed by atoms with Crippen LogP contribution in [-0.2, 0) is 9.92 Å². The number of nitrogens with zero attached hydrogens (tertiary/aromatic N) is 1. The average molecular weight is 463 g/mol. The van der Waals surface area contributed by atoms with Crippen LogP contribution in [0.25, 0.3) is 10.9 Å². The average Bonchev–Trinajstić information content (AvgIpc) is 2.84. The first-order valence-electron chi connectivity index (χ1n) is 10.4. The number of ether oxygens (including phenoxy) is 2. The van der Waals surface area contributed by atoms with Crippen molar-refractivity contribution in [1.82, 2.24) is 9.71 Å². The number of fused-ring (bicyclic) bond motifs is 1. The van der Waals surface area contributed by atoms with Gasteiger partial charge in [-0.25, -0.2) is 13.7 Å². The van der Waals surface area contributed by atoms with Gasteiger partial charge in [0.05, 0.1) is 24.6 Å². The molecule has 1 heterocycles. The van der Waals surface area contributed by atoms with E-state index in [1.807, 2.05) is 67.6 Å². The SMILES string of the molecule is COc1ccc([C@@H](C)NS(=N)(=O)c2ccc(Nc3ccnc4cc(OC)ccc34)cc2)cc1.